The van der Waals surface area contributed by atoms with Gasteiger partial charge >= 0.3 is 0 Å². The number of rotatable bonds is 4. The molecule has 0 saturated carbocycles. The van der Waals surface area contributed by atoms with E-state index in [9.17, 15) is 4.79 Å². The lowest BCUT2D eigenvalue weighted by Crippen LogP contribution is -2.33. The summed E-state index contributed by atoms with van der Waals surface area (Å²) >= 11 is 1.57. The van der Waals surface area contributed by atoms with E-state index in [4.69, 9.17) is 5.73 Å². The maximum absolute atomic E-state index is 12.1. The summed E-state index contributed by atoms with van der Waals surface area (Å²) in [6.45, 7) is 3.86. The van der Waals surface area contributed by atoms with Crippen molar-refractivity contribution in [2.45, 2.75) is 6.92 Å². The highest BCUT2D eigenvalue weighted by Crippen LogP contribution is 2.32. The third-order valence-corrected chi connectivity index (χ3v) is 4.56. The first kappa shape index (κ1) is 17.7. The smallest absolute Gasteiger partial charge is 0.259 e. The summed E-state index contributed by atoms with van der Waals surface area (Å²) < 4.78 is 0. The molecule has 2 aromatic rings. The Balaban J connectivity index is 0.00000192. The van der Waals surface area contributed by atoms with Crippen LogP contribution in [0.5, 0.6) is 0 Å². The molecule has 2 aromatic heterocycles. The van der Waals surface area contributed by atoms with Crippen molar-refractivity contribution in [1.82, 2.24) is 15.3 Å². The Bertz CT molecular complexity index is 730. The molecule has 1 aliphatic heterocycles. The third-order valence-electron chi connectivity index (χ3n) is 3.57. The zero-order valence-electron chi connectivity index (χ0n) is 12.8. The number of H-pyrrole nitrogens is 1. The Hall–Kier alpha value is -1.70. The van der Waals surface area contributed by atoms with Crippen LogP contribution in [0.4, 0.5) is 5.69 Å². The molecule has 4 N–H and O–H groups in total. The molecular formula is C15H20ClN5OS. The van der Waals surface area contributed by atoms with E-state index in [0.29, 0.717) is 13.1 Å². The molecule has 3 heterocycles. The Morgan fingerprint density at radius 2 is 2.39 bits per heavy atom. The molecule has 3 rings (SSSR count). The van der Waals surface area contributed by atoms with E-state index >= 15 is 0 Å². The van der Waals surface area contributed by atoms with Crippen molar-refractivity contribution in [2.75, 3.05) is 30.3 Å². The fourth-order valence-electron chi connectivity index (χ4n) is 2.52. The van der Waals surface area contributed by atoms with Crippen molar-refractivity contribution < 1.29 is 4.79 Å². The predicted molar refractivity (Wildman–Crippen MR) is 98.0 cm³/mol. The summed E-state index contributed by atoms with van der Waals surface area (Å²) in [4.78, 5) is 22.5. The number of hydrogen-bond donors (Lipinski definition) is 3. The molecule has 0 saturated heterocycles. The van der Waals surface area contributed by atoms with Gasteiger partial charge in [-0.05, 0) is 18.6 Å². The molecule has 0 aromatic carbocycles. The summed E-state index contributed by atoms with van der Waals surface area (Å²) in [6.07, 6.45) is 5.66. The second-order valence-electron chi connectivity index (χ2n) is 5.11. The normalized spacial score (nSPS) is 14.3. The van der Waals surface area contributed by atoms with Gasteiger partial charge in [0.05, 0.1) is 10.6 Å². The number of nitrogens with one attached hydrogen (secondary N) is 2. The van der Waals surface area contributed by atoms with Crippen LogP contribution in [0.3, 0.4) is 0 Å². The van der Waals surface area contributed by atoms with Gasteiger partial charge in [0.25, 0.3) is 5.91 Å². The van der Waals surface area contributed by atoms with Crippen LogP contribution in [0.1, 0.15) is 5.56 Å². The quantitative estimate of drug-likeness (QED) is 0.779. The fourth-order valence-corrected chi connectivity index (χ4v) is 3.44. The van der Waals surface area contributed by atoms with E-state index in [-0.39, 0.29) is 18.3 Å². The molecule has 124 valence electrons. The van der Waals surface area contributed by atoms with Crippen LogP contribution in [0.25, 0.3) is 11.0 Å². The van der Waals surface area contributed by atoms with Crippen LogP contribution in [0.2, 0.25) is 0 Å². The molecule has 23 heavy (non-hydrogen) atoms. The van der Waals surface area contributed by atoms with Crippen LogP contribution in [0, 0.1) is 6.92 Å². The minimum absolute atomic E-state index is 0. The lowest BCUT2D eigenvalue weighted by molar-refractivity contribution is -0.116. The highest BCUT2D eigenvalue weighted by Gasteiger charge is 2.20. The molecule has 0 atom stereocenters. The Morgan fingerprint density at radius 1 is 1.57 bits per heavy atom. The first-order valence-electron chi connectivity index (χ1n) is 7.23. The minimum Gasteiger partial charge on any atom is -0.350 e. The van der Waals surface area contributed by atoms with Crippen molar-refractivity contribution in [3.63, 3.8) is 0 Å². The highest BCUT2D eigenvalue weighted by atomic mass is 35.5. The first-order valence-corrected chi connectivity index (χ1v) is 8.21. The van der Waals surface area contributed by atoms with Gasteiger partial charge in [-0.3, -0.25) is 4.79 Å². The third kappa shape index (κ3) is 3.63. The van der Waals surface area contributed by atoms with Gasteiger partial charge in [0, 0.05) is 49.4 Å². The molecule has 0 aliphatic carbocycles. The second-order valence-corrected chi connectivity index (χ2v) is 6.24. The lowest BCUT2D eigenvalue weighted by Gasteiger charge is -2.26. The lowest BCUT2D eigenvalue weighted by atomic mass is 10.2. The number of pyridine rings is 1. The standard InChI is InChI=1S/C15H19N5OS.ClH/c1-10-8-19-14-13(10)11(2-4-17-14)20-6-7-22-12(9-20)15(21)18-5-3-16;/h2,4,8-9H,3,5-7,16H2,1H3,(H,17,19)(H,18,21);1H. The van der Waals surface area contributed by atoms with E-state index in [1.165, 1.54) is 0 Å². The van der Waals surface area contributed by atoms with E-state index in [0.717, 1.165) is 39.5 Å². The topological polar surface area (TPSA) is 87.0 Å². The van der Waals surface area contributed by atoms with Crippen LogP contribution < -0.4 is 16.0 Å². The van der Waals surface area contributed by atoms with Crippen LogP contribution in [-0.4, -0.2) is 41.3 Å². The average Bonchev–Trinajstić information content (AvgIpc) is 2.94. The fraction of sp³-hybridized carbons (Fsp3) is 0.333. The number of fused-ring (bicyclic) bond motifs is 1. The summed E-state index contributed by atoms with van der Waals surface area (Å²) in [7, 11) is 0. The van der Waals surface area contributed by atoms with Gasteiger partial charge in [0.2, 0.25) is 0 Å². The van der Waals surface area contributed by atoms with Crippen molar-refractivity contribution >= 4 is 46.8 Å². The van der Waals surface area contributed by atoms with Crippen molar-refractivity contribution in [3.05, 3.63) is 35.1 Å². The van der Waals surface area contributed by atoms with Crippen LogP contribution in [0.15, 0.2) is 29.6 Å². The highest BCUT2D eigenvalue weighted by molar-refractivity contribution is 8.04. The zero-order chi connectivity index (χ0) is 15.5. The number of aryl methyl sites for hydroxylation is 1. The number of aromatic amines is 1. The number of halogens is 1. The maximum Gasteiger partial charge on any atom is 0.259 e. The number of carbonyl (C=O) groups excluding carboxylic acids is 1. The van der Waals surface area contributed by atoms with Crippen molar-refractivity contribution in [2.24, 2.45) is 5.73 Å². The molecule has 6 nitrogen and oxygen atoms in total. The van der Waals surface area contributed by atoms with Crippen molar-refractivity contribution in [3.8, 4) is 0 Å². The second kappa shape index (κ2) is 7.72. The number of anilines is 1. The summed E-state index contributed by atoms with van der Waals surface area (Å²) in [5.41, 5.74) is 8.53. The molecule has 0 unspecified atom stereocenters. The van der Waals surface area contributed by atoms with Crippen molar-refractivity contribution in [1.29, 1.82) is 0 Å². The molecule has 0 radical (unpaired) electrons. The molecule has 8 heteroatoms. The number of hydrogen-bond acceptors (Lipinski definition) is 5. The molecular weight excluding hydrogens is 334 g/mol. The molecule has 0 bridgehead atoms. The number of carbonyl (C=O) groups is 1. The molecule has 0 fully saturated rings. The van der Waals surface area contributed by atoms with Gasteiger partial charge < -0.3 is 20.9 Å². The number of amides is 1. The average molecular weight is 354 g/mol. The van der Waals surface area contributed by atoms with Gasteiger partial charge in [-0.2, -0.15) is 0 Å². The number of nitrogens with two attached hydrogens (primary N) is 1. The van der Waals surface area contributed by atoms with Gasteiger partial charge in [0.15, 0.2) is 0 Å². The maximum atomic E-state index is 12.1. The van der Waals surface area contributed by atoms with Crippen LogP contribution in [-0.2, 0) is 4.79 Å². The van der Waals surface area contributed by atoms with Gasteiger partial charge in [-0.15, -0.1) is 24.2 Å². The molecule has 0 spiro atoms. The van der Waals surface area contributed by atoms with Gasteiger partial charge in [0.1, 0.15) is 5.65 Å². The number of thioether (sulfide) groups is 1. The SMILES string of the molecule is Cc1c[nH]c2nccc(N3C=C(C(=O)NCCN)SCC3)c12.Cl. The number of aromatic nitrogens is 2. The van der Waals surface area contributed by atoms with E-state index in [1.807, 2.05) is 18.5 Å². The predicted octanol–water partition coefficient (Wildman–Crippen LogP) is 1.76. The summed E-state index contributed by atoms with van der Waals surface area (Å²) in [5, 5.41) is 3.92. The van der Waals surface area contributed by atoms with Gasteiger partial charge in [-0.1, -0.05) is 0 Å². The Kier molecular flexibility index (Phi) is 5.92. The van der Waals surface area contributed by atoms with E-state index in [1.54, 1.807) is 18.0 Å². The van der Waals surface area contributed by atoms with E-state index in [2.05, 4.69) is 27.1 Å². The minimum atomic E-state index is -0.0590. The first-order chi connectivity index (χ1) is 10.7. The zero-order valence-corrected chi connectivity index (χ0v) is 14.5. The summed E-state index contributed by atoms with van der Waals surface area (Å²) in [6, 6.07) is 1.99. The largest absolute Gasteiger partial charge is 0.350 e. The summed E-state index contributed by atoms with van der Waals surface area (Å²) in [5.74, 6) is 0.811. The monoisotopic (exact) mass is 353 g/mol. The number of nitrogens with zero attached hydrogens (tertiary/aromatic N) is 2. The van der Waals surface area contributed by atoms with Gasteiger partial charge in [-0.25, -0.2) is 4.98 Å². The molecule has 1 aliphatic rings. The van der Waals surface area contributed by atoms with E-state index < -0.39 is 0 Å². The Morgan fingerprint density at radius 3 is 3.17 bits per heavy atom. The van der Waals surface area contributed by atoms with Crippen LogP contribution >= 0.6 is 24.2 Å². The Labute approximate surface area is 145 Å². The molecule has 1 amide bonds.